The van der Waals surface area contributed by atoms with E-state index in [-0.39, 0.29) is 0 Å². The van der Waals surface area contributed by atoms with Crippen molar-refractivity contribution in [3.05, 3.63) is 28.6 Å². The minimum absolute atomic E-state index is 0.732. The normalized spacial score (nSPS) is 11.9. The van der Waals surface area contributed by atoms with Crippen molar-refractivity contribution >= 4 is 0 Å². The molecule has 0 saturated carbocycles. The van der Waals surface area contributed by atoms with Crippen molar-refractivity contribution in [1.82, 2.24) is 0 Å². The van der Waals surface area contributed by atoms with Gasteiger partial charge >= 0.3 is 0 Å². The highest BCUT2D eigenvalue weighted by Crippen LogP contribution is 2.24. The fourth-order valence-corrected chi connectivity index (χ4v) is 1.28. The number of rotatable bonds is 4. The summed E-state index contributed by atoms with van der Waals surface area (Å²) in [7, 11) is 0. The fraction of sp³-hybridized carbons (Fsp3) is 0.455. The highest BCUT2D eigenvalue weighted by Gasteiger charge is 2.06. The average molecular weight is 162 g/mol. The molecule has 0 aliphatic heterocycles. The summed E-state index contributed by atoms with van der Waals surface area (Å²) in [6, 6.07) is 6.33. The first-order valence-corrected chi connectivity index (χ1v) is 4.54. The van der Waals surface area contributed by atoms with E-state index < -0.39 is 0 Å². The second-order valence-corrected chi connectivity index (χ2v) is 3.74. The lowest BCUT2D eigenvalue weighted by molar-refractivity contribution is 0.285. The van der Waals surface area contributed by atoms with Crippen LogP contribution in [0.1, 0.15) is 20.3 Å². The van der Waals surface area contributed by atoms with Gasteiger partial charge in [0.05, 0.1) is 6.61 Å². The molecule has 0 N–H and O–H groups in total. The van der Waals surface area contributed by atoms with Crippen molar-refractivity contribution < 1.29 is 4.74 Å². The Labute approximate surface area is 72.7 Å². The topological polar surface area (TPSA) is 9.23 Å². The summed E-state index contributed by atoms with van der Waals surface area (Å²) in [5, 5.41) is 2.67. The molecule has 0 aromatic heterocycles. The molecule has 2 aliphatic rings. The highest BCUT2D eigenvalue weighted by atomic mass is 16.5. The van der Waals surface area contributed by atoms with Crippen LogP contribution in [0, 0.1) is 16.4 Å². The lowest BCUT2D eigenvalue weighted by Crippen LogP contribution is -2.04. The van der Waals surface area contributed by atoms with Gasteiger partial charge in [-0.15, -0.1) is 0 Å². The van der Waals surface area contributed by atoms with Crippen molar-refractivity contribution in [2.24, 2.45) is 5.92 Å². The SMILES string of the molecule is CC(C)CCOc1cc2ccc1=2. The van der Waals surface area contributed by atoms with Crippen molar-refractivity contribution in [2.45, 2.75) is 20.3 Å². The van der Waals surface area contributed by atoms with Gasteiger partial charge in [-0.25, -0.2) is 0 Å². The second kappa shape index (κ2) is 2.81. The Morgan fingerprint density at radius 2 is 2.17 bits per heavy atom. The van der Waals surface area contributed by atoms with Crippen LogP contribution in [0.15, 0.2) is 18.2 Å². The van der Waals surface area contributed by atoms with E-state index in [9.17, 15) is 0 Å². The molecule has 0 atom stereocenters. The van der Waals surface area contributed by atoms with Gasteiger partial charge in [0.15, 0.2) is 0 Å². The standard InChI is InChI=1S/C11H14O/c1-8(2)5-6-12-11-7-9-3-4-10(9)11/h3-4,7-8H,5-6H2,1-2H3. The van der Waals surface area contributed by atoms with Gasteiger partial charge in [0.2, 0.25) is 0 Å². The lowest BCUT2D eigenvalue weighted by atomic mass is 10.1. The molecule has 0 fully saturated rings. The molecule has 0 amide bonds. The van der Waals surface area contributed by atoms with E-state index in [1.54, 1.807) is 0 Å². The molecular weight excluding hydrogens is 148 g/mol. The minimum atomic E-state index is 0.732. The molecule has 0 radical (unpaired) electrons. The first kappa shape index (κ1) is 7.66. The van der Waals surface area contributed by atoms with Gasteiger partial charge < -0.3 is 4.74 Å². The quantitative estimate of drug-likeness (QED) is 0.671. The van der Waals surface area contributed by atoms with E-state index in [4.69, 9.17) is 4.74 Å². The molecule has 0 aromatic rings. The summed E-state index contributed by atoms with van der Waals surface area (Å²) < 4.78 is 5.57. The Hall–Kier alpha value is -0.980. The van der Waals surface area contributed by atoms with Gasteiger partial charge in [-0.1, -0.05) is 26.0 Å². The van der Waals surface area contributed by atoms with Crippen molar-refractivity contribution in [3.63, 3.8) is 0 Å². The Morgan fingerprint density at radius 1 is 1.33 bits per heavy atom. The summed E-state index contributed by atoms with van der Waals surface area (Å²) >= 11 is 0. The largest absolute Gasteiger partial charge is 0.493 e. The summed E-state index contributed by atoms with van der Waals surface area (Å²) in [5.41, 5.74) is 0. The molecule has 2 aliphatic carbocycles. The van der Waals surface area contributed by atoms with E-state index in [2.05, 4.69) is 32.0 Å². The Bertz CT molecular complexity index is 365. The van der Waals surface area contributed by atoms with Crippen molar-refractivity contribution in [1.29, 1.82) is 0 Å². The van der Waals surface area contributed by atoms with E-state index in [1.165, 1.54) is 10.4 Å². The maximum atomic E-state index is 5.57. The van der Waals surface area contributed by atoms with Crippen LogP contribution in [0.3, 0.4) is 0 Å². The molecule has 0 aromatic carbocycles. The molecule has 0 spiro atoms. The van der Waals surface area contributed by atoms with Gasteiger partial charge in [-0.3, -0.25) is 0 Å². The summed E-state index contributed by atoms with van der Waals surface area (Å²) in [5.74, 6) is 1.82. The first-order chi connectivity index (χ1) is 5.77. The third-order valence-corrected chi connectivity index (χ3v) is 2.25. The molecule has 2 rings (SSSR count). The summed E-state index contributed by atoms with van der Waals surface area (Å²) in [6.45, 7) is 5.28. The van der Waals surface area contributed by atoms with Gasteiger partial charge in [0.1, 0.15) is 5.75 Å². The predicted molar refractivity (Wildman–Crippen MR) is 49.1 cm³/mol. The van der Waals surface area contributed by atoms with E-state index in [1.807, 2.05) is 0 Å². The van der Waals surface area contributed by atoms with Gasteiger partial charge in [-0.2, -0.15) is 0 Å². The van der Waals surface area contributed by atoms with Crippen LogP contribution in [-0.2, 0) is 0 Å². The van der Waals surface area contributed by atoms with Crippen LogP contribution in [0.2, 0.25) is 0 Å². The molecule has 0 heterocycles. The van der Waals surface area contributed by atoms with Gasteiger partial charge in [0, 0.05) is 5.22 Å². The highest BCUT2D eigenvalue weighted by molar-refractivity contribution is 5.38. The predicted octanol–water partition coefficient (Wildman–Crippen LogP) is 2.71. The van der Waals surface area contributed by atoms with E-state index >= 15 is 0 Å². The minimum Gasteiger partial charge on any atom is -0.493 e. The molecule has 1 nitrogen and oxygen atoms in total. The smallest absolute Gasteiger partial charge is 0.127 e. The molecule has 12 heavy (non-hydrogen) atoms. The summed E-state index contributed by atoms with van der Waals surface area (Å²) in [6.07, 6.45) is 1.14. The second-order valence-electron chi connectivity index (χ2n) is 3.74. The molecule has 1 heteroatoms. The zero-order valence-electron chi connectivity index (χ0n) is 7.63. The molecule has 0 saturated heterocycles. The molecule has 64 valence electrons. The van der Waals surface area contributed by atoms with Crippen LogP contribution in [0.5, 0.6) is 5.75 Å². The van der Waals surface area contributed by atoms with Crippen LogP contribution < -0.4 is 4.74 Å². The number of benzene rings is 1. The van der Waals surface area contributed by atoms with Gasteiger partial charge in [0.25, 0.3) is 0 Å². The van der Waals surface area contributed by atoms with Gasteiger partial charge in [-0.05, 0) is 23.6 Å². The number of hydrogen-bond donors (Lipinski definition) is 0. The lowest BCUT2D eigenvalue weighted by Gasteiger charge is -2.13. The maximum Gasteiger partial charge on any atom is 0.127 e. The number of ether oxygens (including phenoxy) is 1. The summed E-state index contributed by atoms with van der Waals surface area (Å²) in [4.78, 5) is 0. The fourth-order valence-electron chi connectivity index (χ4n) is 1.28. The van der Waals surface area contributed by atoms with Crippen LogP contribution in [0.4, 0.5) is 0 Å². The number of hydrogen-bond acceptors (Lipinski definition) is 1. The average Bonchev–Trinajstić information content (AvgIpc) is 1.97. The Morgan fingerprint density at radius 3 is 2.58 bits per heavy atom. The molecule has 0 bridgehead atoms. The third-order valence-electron chi connectivity index (χ3n) is 2.25. The first-order valence-electron chi connectivity index (χ1n) is 4.54. The zero-order chi connectivity index (χ0) is 8.55. The van der Waals surface area contributed by atoms with Crippen LogP contribution in [-0.4, -0.2) is 6.61 Å². The monoisotopic (exact) mass is 162 g/mol. The molecule has 0 unspecified atom stereocenters. The zero-order valence-corrected chi connectivity index (χ0v) is 7.63. The third kappa shape index (κ3) is 1.20. The van der Waals surface area contributed by atoms with Crippen molar-refractivity contribution in [3.8, 4) is 5.75 Å². The Kier molecular flexibility index (Phi) is 1.80. The molecular formula is C11H14O. The van der Waals surface area contributed by atoms with E-state index in [0.29, 0.717) is 0 Å². The van der Waals surface area contributed by atoms with Crippen LogP contribution in [0.25, 0.3) is 0 Å². The Balaban J connectivity index is 1.81. The van der Waals surface area contributed by atoms with E-state index in [0.717, 1.165) is 24.7 Å². The van der Waals surface area contributed by atoms with Crippen LogP contribution >= 0.6 is 0 Å². The maximum absolute atomic E-state index is 5.57. The van der Waals surface area contributed by atoms with Crippen molar-refractivity contribution in [2.75, 3.05) is 6.61 Å².